The lowest BCUT2D eigenvalue weighted by Gasteiger charge is -2.17. The van der Waals surface area contributed by atoms with E-state index >= 15 is 0 Å². The summed E-state index contributed by atoms with van der Waals surface area (Å²) in [6.07, 6.45) is 1.54. The fraction of sp³-hybridized carbons (Fsp3) is 0.176. The summed E-state index contributed by atoms with van der Waals surface area (Å²) in [5.74, 6) is 0. The van der Waals surface area contributed by atoms with Crippen LogP contribution in [0.15, 0.2) is 53.5 Å². The van der Waals surface area contributed by atoms with Crippen LogP contribution in [0.3, 0.4) is 0 Å². The van der Waals surface area contributed by atoms with Crippen molar-refractivity contribution < 1.29 is 4.79 Å². The number of nitrogens with one attached hydrogen (secondary N) is 1. The summed E-state index contributed by atoms with van der Waals surface area (Å²) >= 11 is 0. The van der Waals surface area contributed by atoms with Gasteiger partial charge < -0.3 is 5.32 Å². The van der Waals surface area contributed by atoms with Gasteiger partial charge in [0.25, 0.3) is 0 Å². The van der Waals surface area contributed by atoms with Crippen molar-refractivity contribution >= 4 is 23.7 Å². The topological polar surface area (TPSA) is 44.7 Å². The maximum Gasteiger partial charge on any atom is 0.326 e. The number of aliphatic imine (C=N–C) groups is 1. The van der Waals surface area contributed by atoms with Gasteiger partial charge in [0.05, 0.1) is 11.4 Å². The van der Waals surface area contributed by atoms with E-state index < -0.39 is 0 Å². The van der Waals surface area contributed by atoms with Crippen LogP contribution < -0.4 is 10.2 Å². The van der Waals surface area contributed by atoms with E-state index in [0.29, 0.717) is 0 Å². The normalized spacial score (nSPS) is 10.6. The van der Waals surface area contributed by atoms with Crippen molar-refractivity contribution in [2.45, 2.75) is 13.8 Å². The summed E-state index contributed by atoms with van der Waals surface area (Å²) in [7, 11) is 1.60. The highest BCUT2D eigenvalue weighted by Crippen LogP contribution is 2.17. The van der Waals surface area contributed by atoms with Crippen LogP contribution in [0.1, 0.15) is 11.1 Å². The Morgan fingerprint density at radius 3 is 2.38 bits per heavy atom. The Hall–Kier alpha value is -2.62. The number of hydrogen-bond donors (Lipinski definition) is 1. The van der Waals surface area contributed by atoms with E-state index in [1.807, 2.05) is 62.4 Å². The van der Waals surface area contributed by atoms with Crippen LogP contribution in [0.5, 0.6) is 0 Å². The van der Waals surface area contributed by atoms with Crippen molar-refractivity contribution in [3.8, 4) is 0 Å². The Labute approximate surface area is 125 Å². The van der Waals surface area contributed by atoms with E-state index in [-0.39, 0.29) is 6.03 Å². The number of rotatable bonds is 3. The van der Waals surface area contributed by atoms with E-state index in [0.717, 1.165) is 22.5 Å². The van der Waals surface area contributed by atoms with Crippen LogP contribution in [-0.4, -0.2) is 19.4 Å². The molecule has 0 bridgehead atoms. The summed E-state index contributed by atoms with van der Waals surface area (Å²) < 4.78 is 0. The SMILES string of the molecule is CNC(=O)N(C=Nc1cccc(C)c1)c1cccc(C)c1. The first-order chi connectivity index (χ1) is 10.1. The van der Waals surface area contributed by atoms with Crippen LogP contribution in [0, 0.1) is 13.8 Å². The lowest BCUT2D eigenvalue weighted by Crippen LogP contribution is -2.37. The molecule has 2 rings (SSSR count). The lowest BCUT2D eigenvalue weighted by molar-refractivity contribution is 0.251. The molecule has 21 heavy (non-hydrogen) atoms. The quantitative estimate of drug-likeness (QED) is 0.675. The standard InChI is InChI=1S/C17H19N3O/c1-13-6-4-8-15(10-13)19-12-20(17(21)18-3)16-9-5-7-14(2)11-16/h4-12H,1-3H3,(H,18,21). The number of hydrogen-bond acceptors (Lipinski definition) is 2. The summed E-state index contributed by atoms with van der Waals surface area (Å²) in [5.41, 5.74) is 3.82. The first-order valence-electron chi connectivity index (χ1n) is 6.78. The molecular weight excluding hydrogens is 262 g/mol. The smallest absolute Gasteiger partial charge is 0.326 e. The predicted octanol–water partition coefficient (Wildman–Crippen LogP) is 3.81. The lowest BCUT2D eigenvalue weighted by atomic mass is 10.2. The van der Waals surface area contributed by atoms with Crippen molar-refractivity contribution in [3.63, 3.8) is 0 Å². The molecule has 0 aromatic heterocycles. The molecule has 4 heteroatoms. The number of carbonyl (C=O) groups is 1. The molecule has 1 N–H and O–H groups in total. The number of amides is 2. The van der Waals surface area contributed by atoms with Gasteiger partial charge in [-0.25, -0.2) is 9.79 Å². The maximum absolute atomic E-state index is 12.0. The monoisotopic (exact) mass is 281 g/mol. The molecule has 0 aliphatic heterocycles. The van der Waals surface area contributed by atoms with Gasteiger partial charge in [-0.3, -0.25) is 4.90 Å². The number of benzene rings is 2. The van der Waals surface area contributed by atoms with Gasteiger partial charge in [-0.05, 0) is 49.2 Å². The van der Waals surface area contributed by atoms with Crippen LogP contribution in [0.2, 0.25) is 0 Å². The van der Waals surface area contributed by atoms with Gasteiger partial charge in [-0.15, -0.1) is 0 Å². The first-order valence-corrected chi connectivity index (χ1v) is 6.78. The van der Waals surface area contributed by atoms with Crippen molar-refractivity contribution in [1.29, 1.82) is 0 Å². The first kappa shape index (κ1) is 14.8. The van der Waals surface area contributed by atoms with Crippen molar-refractivity contribution in [3.05, 3.63) is 59.7 Å². The van der Waals surface area contributed by atoms with Gasteiger partial charge in [0.15, 0.2) is 0 Å². The fourth-order valence-electron chi connectivity index (χ4n) is 1.97. The van der Waals surface area contributed by atoms with Crippen molar-refractivity contribution in [2.24, 2.45) is 4.99 Å². The van der Waals surface area contributed by atoms with Gasteiger partial charge in [0, 0.05) is 7.05 Å². The zero-order valence-electron chi connectivity index (χ0n) is 12.5. The number of aryl methyl sites for hydroxylation is 2. The van der Waals surface area contributed by atoms with Gasteiger partial charge in [-0.1, -0.05) is 24.3 Å². The van der Waals surface area contributed by atoms with E-state index in [4.69, 9.17) is 0 Å². The highest BCUT2D eigenvalue weighted by atomic mass is 16.2. The Kier molecular flexibility index (Phi) is 4.72. The van der Waals surface area contributed by atoms with E-state index in [2.05, 4.69) is 10.3 Å². The summed E-state index contributed by atoms with van der Waals surface area (Å²) in [4.78, 5) is 17.9. The Bertz CT molecular complexity index is 665. The third-order valence-corrected chi connectivity index (χ3v) is 3.04. The molecular formula is C17H19N3O. The summed E-state index contributed by atoms with van der Waals surface area (Å²) in [5, 5.41) is 2.63. The third-order valence-electron chi connectivity index (χ3n) is 3.04. The molecule has 0 saturated heterocycles. The zero-order valence-corrected chi connectivity index (χ0v) is 12.5. The zero-order chi connectivity index (χ0) is 15.2. The summed E-state index contributed by atoms with van der Waals surface area (Å²) in [6, 6.07) is 15.3. The Balaban J connectivity index is 2.31. The molecule has 4 nitrogen and oxygen atoms in total. The molecule has 2 aromatic carbocycles. The maximum atomic E-state index is 12.0. The molecule has 2 aromatic rings. The van der Waals surface area contributed by atoms with Gasteiger partial charge in [-0.2, -0.15) is 0 Å². The van der Waals surface area contributed by atoms with Crippen molar-refractivity contribution in [1.82, 2.24) is 5.32 Å². The highest BCUT2D eigenvalue weighted by Gasteiger charge is 2.11. The average molecular weight is 281 g/mol. The molecule has 0 heterocycles. The second-order valence-electron chi connectivity index (χ2n) is 4.85. The molecule has 0 atom stereocenters. The molecule has 2 amide bonds. The molecule has 0 aliphatic carbocycles. The Morgan fingerprint density at radius 2 is 1.76 bits per heavy atom. The average Bonchev–Trinajstić information content (AvgIpc) is 2.47. The second kappa shape index (κ2) is 6.70. The molecule has 0 spiro atoms. The molecule has 0 radical (unpaired) electrons. The molecule has 108 valence electrons. The van der Waals surface area contributed by atoms with Crippen molar-refractivity contribution in [2.75, 3.05) is 11.9 Å². The van der Waals surface area contributed by atoms with E-state index in [1.165, 1.54) is 4.90 Å². The van der Waals surface area contributed by atoms with E-state index in [1.54, 1.807) is 13.4 Å². The second-order valence-corrected chi connectivity index (χ2v) is 4.85. The highest BCUT2D eigenvalue weighted by molar-refractivity contribution is 6.07. The van der Waals surface area contributed by atoms with Crippen LogP contribution in [0.4, 0.5) is 16.2 Å². The number of carbonyl (C=O) groups excluding carboxylic acids is 1. The third kappa shape index (κ3) is 3.92. The number of nitrogens with zero attached hydrogens (tertiary/aromatic N) is 2. The van der Waals surface area contributed by atoms with Crippen LogP contribution in [0.25, 0.3) is 0 Å². The van der Waals surface area contributed by atoms with E-state index in [9.17, 15) is 4.79 Å². The molecule has 0 saturated carbocycles. The molecule has 0 fully saturated rings. The Morgan fingerprint density at radius 1 is 1.10 bits per heavy atom. The predicted molar refractivity (Wildman–Crippen MR) is 87.4 cm³/mol. The van der Waals surface area contributed by atoms with Gasteiger partial charge >= 0.3 is 6.03 Å². The largest absolute Gasteiger partial charge is 0.340 e. The minimum Gasteiger partial charge on any atom is -0.340 e. The van der Waals surface area contributed by atoms with Crippen LogP contribution >= 0.6 is 0 Å². The van der Waals surface area contributed by atoms with Gasteiger partial charge in [0.1, 0.15) is 6.34 Å². The van der Waals surface area contributed by atoms with Gasteiger partial charge in [0.2, 0.25) is 0 Å². The molecule has 0 aliphatic rings. The van der Waals surface area contributed by atoms with Crippen LogP contribution in [-0.2, 0) is 0 Å². The number of anilines is 1. The fourth-order valence-corrected chi connectivity index (χ4v) is 1.97. The number of urea groups is 1. The minimum atomic E-state index is -0.225. The minimum absolute atomic E-state index is 0.225. The molecule has 0 unspecified atom stereocenters. The summed E-state index contributed by atoms with van der Waals surface area (Å²) in [6.45, 7) is 4.00.